The van der Waals surface area contributed by atoms with Crippen molar-refractivity contribution in [2.75, 3.05) is 46.4 Å². The van der Waals surface area contributed by atoms with E-state index < -0.39 is 5.60 Å². The van der Waals surface area contributed by atoms with Crippen molar-refractivity contribution in [2.24, 2.45) is 10.8 Å². The molecule has 6 heteroatoms. The molecule has 318 valence electrons. The molecule has 1 saturated heterocycles. The molecule has 0 bridgehead atoms. The van der Waals surface area contributed by atoms with Crippen LogP contribution < -0.4 is 28.6 Å². The molecule has 62 heavy (non-hydrogen) atoms. The molecule has 1 saturated carbocycles. The van der Waals surface area contributed by atoms with Gasteiger partial charge < -0.3 is 28.6 Å². The van der Waals surface area contributed by atoms with Gasteiger partial charge in [0.2, 0.25) is 0 Å². The van der Waals surface area contributed by atoms with Gasteiger partial charge in [-0.1, -0.05) is 82.3 Å². The summed E-state index contributed by atoms with van der Waals surface area (Å²) in [4.78, 5) is 2.61. The van der Waals surface area contributed by atoms with Crippen LogP contribution >= 0.6 is 0 Å². The van der Waals surface area contributed by atoms with E-state index in [9.17, 15) is 0 Å². The van der Waals surface area contributed by atoms with Gasteiger partial charge >= 0.3 is 0 Å². The first kappa shape index (κ1) is 40.2. The number of hydrogen-bond acceptors (Lipinski definition) is 6. The Morgan fingerprint density at radius 2 is 1.18 bits per heavy atom. The van der Waals surface area contributed by atoms with Crippen molar-refractivity contribution >= 4 is 22.5 Å². The van der Waals surface area contributed by atoms with Crippen LogP contribution in [0.5, 0.6) is 28.7 Å². The Balaban J connectivity index is 1.35. The summed E-state index contributed by atoms with van der Waals surface area (Å²) in [6.45, 7) is 11.9. The van der Waals surface area contributed by atoms with Gasteiger partial charge in [0, 0.05) is 63.5 Å². The highest BCUT2D eigenvalue weighted by atomic mass is 16.5. The maximum atomic E-state index is 7.95. The van der Waals surface area contributed by atoms with E-state index in [2.05, 4.69) is 111 Å². The van der Waals surface area contributed by atoms with Crippen molar-refractivity contribution in [3.05, 3.63) is 137 Å². The Morgan fingerprint density at radius 1 is 0.565 bits per heavy atom. The van der Waals surface area contributed by atoms with Crippen LogP contribution in [0, 0.1) is 10.8 Å². The second-order valence-corrected chi connectivity index (χ2v) is 19.6. The van der Waals surface area contributed by atoms with Gasteiger partial charge in [-0.25, -0.2) is 0 Å². The van der Waals surface area contributed by atoms with Crippen LogP contribution in [0.4, 0.5) is 5.69 Å². The Kier molecular flexibility index (Phi) is 9.66. The van der Waals surface area contributed by atoms with Crippen LogP contribution in [0.3, 0.4) is 0 Å². The molecule has 6 aromatic rings. The molecule has 0 N–H and O–H groups in total. The molecule has 2 heterocycles. The summed E-state index contributed by atoms with van der Waals surface area (Å²) < 4.78 is 31.2. The van der Waals surface area contributed by atoms with Crippen LogP contribution in [0.15, 0.2) is 109 Å². The van der Waals surface area contributed by atoms with E-state index in [-0.39, 0.29) is 16.2 Å². The lowest BCUT2D eigenvalue weighted by molar-refractivity contribution is 0.0642. The highest BCUT2D eigenvalue weighted by Crippen LogP contribution is 2.67. The number of hydrogen-bond donors (Lipinski definition) is 0. The molecule has 0 aromatic heterocycles. The SMILES string of the molecule is COc1ccc(C2(c3ccc(OC)cc3)C=Cc3c4c(c5cc(N6CCCCC6)c(-c6ccc(OC)cc6OC)cc5c3O2)-c2ccccc2C42CC(C)(C)CC(C)(C)C2)cc1. The van der Waals surface area contributed by atoms with Gasteiger partial charge in [0.05, 0.1) is 28.4 Å². The third-order valence-electron chi connectivity index (χ3n) is 14.3. The van der Waals surface area contributed by atoms with Crippen molar-refractivity contribution in [3.63, 3.8) is 0 Å². The fraction of sp³-hybridized carbons (Fsp3) is 0.357. The smallest absolute Gasteiger partial charge is 0.178 e. The fourth-order valence-electron chi connectivity index (χ4n) is 12.5. The lowest BCUT2D eigenvalue weighted by Gasteiger charge is -2.52. The van der Waals surface area contributed by atoms with Crippen LogP contribution in [-0.2, 0) is 11.0 Å². The molecule has 0 amide bonds. The molecular weight excluding hydrogens is 767 g/mol. The monoisotopic (exact) mass is 825 g/mol. The maximum Gasteiger partial charge on any atom is 0.178 e. The van der Waals surface area contributed by atoms with Crippen molar-refractivity contribution in [3.8, 4) is 51.0 Å². The van der Waals surface area contributed by atoms with Crippen LogP contribution in [0.1, 0.15) is 94.0 Å². The molecule has 0 atom stereocenters. The highest BCUT2D eigenvalue weighted by molar-refractivity contribution is 6.12. The van der Waals surface area contributed by atoms with Gasteiger partial charge in [0.15, 0.2) is 5.60 Å². The van der Waals surface area contributed by atoms with Gasteiger partial charge in [-0.15, -0.1) is 0 Å². The van der Waals surface area contributed by atoms with Crippen LogP contribution in [-0.4, -0.2) is 41.5 Å². The summed E-state index contributed by atoms with van der Waals surface area (Å²) in [6, 6.07) is 37.1. The van der Waals surface area contributed by atoms with Gasteiger partial charge in [-0.2, -0.15) is 0 Å². The standard InChI is InChI=1S/C56H59NO5/c1-53(2)33-54(3,4)35-55(34-53)47-15-11-10-14-42(47)50-45-32-48(57-28-12-9-13-29-57)44(41-25-24-40(60-7)30-49(41)61-8)31-46(45)52-43(51(50)55)26-27-56(62-52,36-16-20-38(58-5)21-17-36)37-18-22-39(59-6)23-19-37/h10-11,14-27,30-32H,9,12-13,28-29,33-35H2,1-8H3. The van der Waals surface area contributed by atoms with E-state index in [1.165, 1.54) is 51.7 Å². The lowest BCUT2D eigenvalue weighted by atomic mass is 9.52. The Morgan fingerprint density at radius 3 is 1.79 bits per heavy atom. The van der Waals surface area contributed by atoms with Crippen LogP contribution in [0.2, 0.25) is 0 Å². The Hall–Kier alpha value is -5.88. The minimum absolute atomic E-state index is 0.112. The summed E-state index contributed by atoms with van der Waals surface area (Å²) in [7, 11) is 6.88. The van der Waals surface area contributed by atoms with E-state index >= 15 is 0 Å². The molecule has 10 rings (SSSR count). The van der Waals surface area contributed by atoms with E-state index in [4.69, 9.17) is 23.7 Å². The average molecular weight is 826 g/mol. The first-order valence-corrected chi connectivity index (χ1v) is 22.4. The number of methoxy groups -OCH3 is 4. The molecule has 1 spiro atoms. The number of nitrogens with zero attached hydrogens (tertiary/aromatic N) is 1. The normalized spacial score (nSPS) is 18.7. The van der Waals surface area contributed by atoms with Gasteiger partial charge in [0.1, 0.15) is 28.7 Å². The molecule has 2 aliphatic carbocycles. The Bertz CT molecular complexity index is 2660. The highest BCUT2D eigenvalue weighted by Gasteiger charge is 2.55. The topological polar surface area (TPSA) is 49.4 Å². The summed E-state index contributed by atoms with van der Waals surface area (Å²) in [5.74, 6) is 4.04. The summed E-state index contributed by atoms with van der Waals surface area (Å²) in [6.07, 6.45) is 11.6. The molecule has 6 nitrogen and oxygen atoms in total. The summed E-state index contributed by atoms with van der Waals surface area (Å²) >= 11 is 0. The molecule has 4 aliphatic rings. The summed E-state index contributed by atoms with van der Waals surface area (Å²) in [5, 5.41) is 2.32. The van der Waals surface area contributed by atoms with Crippen molar-refractivity contribution in [2.45, 2.75) is 77.2 Å². The minimum atomic E-state index is -0.958. The van der Waals surface area contributed by atoms with Gasteiger partial charge in [-0.05, 0) is 132 Å². The third kappa shape index (κ3) is 6.35. The predicted octanol–water partition coefficient (Wildman–Crippen LogP) is 13.4. The number of piperidine rings is 1. The molecule has 6 aromatic carbocycles. The number of benzene rings is 6. The number of ether oxygens (including phenoxy) is 5. The van der Waals surface area contributed by atoms with Crippen LogP contribution in [0.25, 0.3) is 39.1 Å². The second-order valence-electron chi connectivity index (χ2n) is 19.6. The molecular formula is C56H59NO5. The first-order valence-electron chi connectivity index (χ1n) is 22.4. The minimum Gasteiger partial charge on any atom is -0.497 e. The van der Waals surface area contributed by atoms with Gasteiger partial charge in [0.25, 0.3) is 0 Å². The number of anilines is 1. The van der Waals surface area contributed by atoms with E-state index in [1.54, 1.807) is 28.4 Å². The van der Waals surface area contributed by atoms with Crippen molar-refractivity contribution in [1.82, 2.24) is 0 Å². The fourth-order valence-corrected chi connectivity index (χ4v) is 12.5. The molecule has 0 radical (unpaired) electrons. The predicted molar refractivity (Wildman–Crippen MR) is 253 cm³/mol. The largest absolute Gasteiger partial charge is 0.497 e. The Labute approximate surface area is 367 Å². The zero-order chi connectivity index (χ0) is 43.0. The first-order chi connectivity index (χ1) is 29.9. The molecule has 2 aliphatic heterocycles. The quantitative estimate of drug-likeness (QED) is 0.152. The maximum absolute atomic E-state index is 7.95. The zero-order valence-electron chi connectivity index (χ0n) is 37.6. The zero-order valence-corrected chi connectivity index (χ0v) is 37.6. The second kappa shape index (κ2) is 14.9. The number of rotatable bonds is 8. The van der Waals surface area contributed by atoms with E-state index in [1.807, 2.05) is 36.4 Å². The lowest BCUT2D eigenvalue weighted by Crippen LogP contribution is -2.44. The van der Waals surface area contributed by atoms with E-state index in [0.29, 0.717) is 0 Å². The van der Waals surface area contributed by atoms with E-state index in [0.717, 1.165) is 95.2 Å². The number of fused-ring (bicyclic) bond motifs is 10. The molecule has 0 unspecified atom stereocenters. The molecule has 2 fully saturated rings. The van der Waals surface area contributed by atoms with Gasteiger partial charge in [-0.3, -0.25) is 0 Å². The van der Waals surface area contributed by atoms with Crippen molar-refractivity contribution in [1.29, 1.82) is 0 Å². The third-order valence-corrected chi connectivity index (χ3v) is 14.3. The average Bonchev–Trinajstić information content (AvgIpc) is 3.55. The van der Waals surface area contributed by atoms with Crippen molar-refractivity contribution < 1.29 is 23.7 Å². The summed E-state index contributed by atoms with van der Waals surface area (Å²) in [5.41, 5.74) is 11.2.